The van der Waals surface area contributed by atoms with Gasteiger partial charge in [0.05, 0.1) is 13.2 Å². The molecule has 5 heteroatoms. The van der Waals surface area contributed by atoms with Crippen LogP contribution in [0.25, 0.3) is 0 Å². The number of hydrogen-bond donors (Lipinski definition) is 3. The highest BCUT2D eigenvalue weighted by Gasteiger charge is 2.04. The van der Waals surface area contributed by atoms with Crippen LogP contribution in [0.5, 0.6) is 5.75 Å². The van der Waals surface area contributed by atoms with E-state index in [2.05, 4.69) is 10.6 Å². The Morgan fingerprint density at radius 3 is 2.41 bits per heavy atom. The molecule has 2 aromatic rings. The molecule has 0 aromatic heterocycles. The summed E-state index contributed by atoms with van der Waals surface area (Å²) in [6, 6.07) is 14.3. The van der Waals surface area contributed by atoms with Crippen LogP contribution in [0.2, 0.25) is 0 Å². The van der Waals surface area contributed by atoms with Crippen molar-refractivity contribution >= 4 is 11.7 Å². The van der Waals surface area contributed by atoms with Crippen LogP contribution >= 0.6 is 0 Å². The molecule has 2 rings (SSSR count). The van der Waals surface area contributed by atoms with Gasteiger partial charge in [-0.15, -0.1) is 0 Å². The minimum Gasteiger partial charge on any atom is -0.494 e. The normalized spacial score (nSPS) is 10.1. The number of amides is 2. The zero-order valence-corrected chi connectivity index (χ0v) is 12.5. The highest BCUT2D eigenvalue weighted by Crippen LogP contribution is 2.15. The van der Waals surface area contributed by atoms with Crippen molar-refractivity contribution in [1.82, 2.24) is 5.32 Å². The highest BCUT2D eigenvalue weighted by atomic mass is 16.5. The summed E-state index contributed by atoms with van der Waals surface area (Å²) in [7, 11) is 0. The van der Waals surface area contributed by atoms with Crippen LogP contribution in [0.3, 0.4) is 0 Å². The van der Waals surface area contributed by atoms with E-state index >= 15 is 0 Å². The number of hydrogen-bond acceptors (Lipinski definition) is 3. The van der Waals surface area contributed by atoms with E-state index in [-0.39, 0.29) is 12.6 Å². The third kappa shape index (κ3) is 4.49. The summed E-state index contributed by atoms with van der Waals surface area (Å²) >= 11 is 0. The molecule has 0 aliphatic carbocycles. The molecular weight excluding hydrogens is 280 g/mol. The average Bonchev–Trinajstić information content (AvgIpc) is 2.55. The van der Waals surface area contributed by atoms with Gasteiger partial charge in [-0.25, -0.2) is 4.79 Å². The molecule has 0 saturated heterocycles. The molecule has 22 heavy (non-hydrogen) atoms. The van der Waals surface area contributed by atoms with E-state index < -0.39 is 0 Å². The van der Waals surface area contributed by atoms with Crippen LogP contribution in [-0.4, -0.2) is 17.7 Å². The maximum absolute atomic E-state index is 11.9. The Balaban J connectivity index is 1.87. The standard InChI is InChI=1S/C17H20N2O3/c1-2-22-16-9-7-15(8-10-16)19-17(21)18-11-13-5-3-4-6-14(13)12-20/h3-10,20H,2,11-12H2,1H3,(H2,18,19,21). The molecule has 0 heterocycles. The molecule has 0 atom stereocenters. The SMILES string of the molecule is CCOc1ccc(NC(=O)NCc2ccccc2CO)cc1. The molecule has 0 unspecified atom stereocenters. The lowest BCUT2D eigenvalue weighted by Gasteiger charge is -2.10. The quantitative estimate of drug-likeness (QED) is 0.768. The molecule has 2 aromatic carbocycles. The number of carbonyl (C=O) groups excluding carboxylic acids is 1. The smallest absolute Gasteiger partial charge is 0.319 e. The van der Waals surface area contributed by atoms with E-state index in [0.29, 0.717) is 18.8 Å². The Morgan fingerprint density at radius 2 is 1.77 bits per heavy atom. The molecule has 116 valence electrons. The van der Waals surface area contributed by atoms with E-state index in [1.165, 1.54) is 0 Å². The first-order valence-electron chi connectivity index (χ1n) is 7.18. The third-order valence-electron chi connectivity index (χ3n) is 3.15. The van der Waals surface area contributed by atoms with E-state index in [0.717, 1.165) is 16.9 Å². The van der Waals surface area contributed by atoms with Gasteiger partial charge in [-0.3, -0.25) is 0 Å². The molecule has 0 fully saturated rings. The monoisotopic (exact) mass is 300 g/mol. The van der Waals surface area contributed by atoms with E-state index in [1.54, 1.807) is 24.3 Å². The zero-order chi connectivity index (χ0) is 15.8. The van der Waals surface area contributed by atoms with Gasteiger partial charge in [0.2, 0.25) is 0 Å². The fourth-order valence-corrected chi connectivity index (χ4v) is 2.04. The molecule has 0 aliphatic heterocycles. The summed E-state index contributed by atoms with van der Waals surface area (Å²) in [6.07, 6.45) is 0. The summed E-state index contributed by atoms with van der Waals surface area (Å²) in [5.41, 5.74) is 2.40. The van der Waals surface area contributed by atoms with Crippen molar-refractivity contribution in [3.05, 3.63) is 59.7 Å². The van der Waals surface area contributed by atoms with Crippen LogP contribution < -0.4 is 15.4 Å². The Hall–Kier alpha value is -2.53. The number of aliphatic hydroxyl groups is 1. The summed E-state index contributed by atoms with van der Waals surface area (Å²) in [6.45, 7) is 2.85. The summed E-state index contributed by atoms with van der Waals surface area (Å²) < 4.78 is 5.34. The first-order valence-corrected chi connectivity index (χ1v) is 7.18. The molecule has 0 bridgehead atoms. The van der Waals surface area contributed by atoms with Gasteiger partial charge < -0.3 is 20.5 Å². The number of aliphatic hydroxyl groups excluding tert-OH is 1. The van der Waals surface area contributed by atoms with Gasteiger partial charge in [0, 0.05) is 12.2 Å². The minimum absolute atomic E-state index is 0.0433. The molecule has 3 N–H and O–H groups in total. The molecule has 0 saturated carbocycles. The second kappa shape index (κ2) is 8.05. The zero-order valence-electron chi connectivity index (χ0n) is 12.5. The van der Waals surface area contributed by atoms with Crippen molar-refractivity contribution in [3.8, 4) is 5.75 Å². The lowest BCUT2D eigenvalue weighted by atomic mass is 10.1. The second-order valence-corrected chi connectivity index (χ2v) is 4.69. The fourth-order valence-electron chi connectivity index (χ4n) is 2.04. The Bertz CT molecular complexity index is 612. The first kappa shape index (κ1) is 15.9. The van der Waals surface area contributed by atoms with Gasteiger partial charge in [-0.05, 0) is 42.3 Å². The predicted molar refractivity (Wildman–Crippen MR) is 85.8 cm³/mol. The van der Waals surface area contributed by atoms with Crippen molar-refractivity contribution in [2.24, 2.45) is 0 Å². The van der Waals surface area contributed by atoms with Crippen LogP contribution in [0, 0.1) is 0 Å². The van der Waals surface area contributed by atoms with Crippen LogP contribution in [0.4, 0.5) is 10.5 Å². The second-order valence-electron chi connectivity index (χ2n) is 4.69. The van der Waals surface area contributed by atoms with Crippen molar-refractivity contribution < 1.29 is 14.6 Å². The number of rotatable bonds is 6. The largest absolute Gasteiger partial charge is 0.494 e. The Labute approximate surface area is 129 Å². The summed E-state index contributed by atoms with van der Waals surface area (Å²) in [4.78, 5) is 11.9. The Morgan fingerprint density at radius 1 is 1.09 bits per heavy atom. The van der Waals surface area contributed by atoms with Gasteiger partial charge in [-0.1, -0.05) is 24.3 Å². The lowest BCUT2D eigenvalue weighted by molar-refractivity contribution is 0.251. The number of benzene rings is 2. The molecule has 0 spiro atoms. The lowest BCUT2D eigenvalue weighted by Crippen LogP contribution is -2.28. The maximum Gasteiger partial charge on any atom is 0.319 e. The van der Waals surface area contributed by atoms with Crippen molar-refractivity contribution in [3.63, 3.8) is 0 Å². The molecular formula is C17H20N2O3. The minimum atomic E-state index is -0.295. The van der Waals surface area contributed by atoms with Crippen molar-refractivity contribution in [2.75, 3.05) is 11.9 Å². The van der Waals surface area contributed by atoms with Gasteiger partial charge in [0.1, 0.15) is 5.75 Å². The van der Waals surface area contributed by atoms with Crippen LogP contribution in [0.1, 0.15) is 18.1 Å². The van der Waals surface area contributed by atoms with Gasteiger partial charge in [0.25, 0.3) is 0 Å². The van der Waals surface area contributed by atoms with E-state index in [9.17, 15) is 9.90 Å². The van der Waals surface area contributed by atoms with Gasteiger partial charge >= 0.3 is 6.03 Å². The highest BCUT2D eigenvalue weighted by molar-refractivity contribution is 5.89. The Kier molecular flexibility index (Phi) is 5.80. The number of anilines is 1. The molecule has 0 aliphatic rings. The number of nitrogens with one attached hydrogen (secondary N) is 2. The molecule has 5 nitrogen and oxygen atoms in total. The van der Waals surface area contributed by atoms with Crippen LogP contribution in [0.15, 0.2) is 48.5 Å². The van der Waals surface area contributed by atoms with Crippen molar-refractivity contribution in [2.45, 2.75) is 20.1 Å². The number of carbonyl (C=O) groups is 1. The topological polar surface area (TPSA) is 70.6 Å². The molecule has 2 amide bonds. The number of urea groups is 1. The first-order chi connectivity index (χ1) is 10.7. The van der Waals surface area contributed by atoms with Crippen molar-refractivity contribution in [1.29, 1.82) is 0 Å². The maximum atomic E-state index is 11.9. The van der Waals surface area contributed by atoms with Crippen LogP contribution in [-0.2, 0) is 13.2 Å². The van der Waals surface area contributed by atoms with Gasteiger partial charge in [-0.2, -0.15) is 0 Å². The average molecular weight is 300 g/mol. The third-order valence-corrected chi connectivity index (χ3v) is 3.15. The van der Waals surface area contributed by atoms with Gasteiger partial charge in [0.15, 0.2) is 0 Å². The van der Waals surface area contributed by atoms with E-state index in [1.807, 2.05) is 31.2 Å². The molecule has 0 radical (unpaired) electrons. The van der Waals surface area contributed by atoms with E-state index in [4.69, 9.17) is 4.74 Å². The number of ether oxygens (including phenoxy) is 1. The predicted octanol–water partition coefficient (Wildman–Crippen LogP) is 2.90. The fraction of sp³-hybridized carbons (Fsp3) is 0.235. The summed E-state index contributed by atoms with van der Waals surface area (Å²) in [5.74, 6) is 0.769. The summed E-state index contributed by atoms with van der Waals surface area (Å²) in [5, 5.41) is 14.8.